The molecule has 0 atom stereocenters. The third-order valence-electron chi connectivity index (χ3n) is 2.58. The monoisotopic (exact) mass is 248 g/mol. The van der Waals surface area contributed by atoms with Crippen molar-refractivity contribution in [3.63, 3.8) is 0 Å². The molecule has 17 heavy (non-hydrogen) atoms. The smallest absolute Gasteiger partial charge is 0.133 e. The number of aromatic nitrogens is 2. The maximum Gasteiger partial charge on any atom is 0.133 e. The highest BCUT2D eigenvalue weighted by Gasteiger charge is 2.06. The molecule has 0 aliphatic heterocycles. The van der Waals surface area contributed by atoms with Crippen LogP contribution in [0.5, 0.6) is 0 Å². The minimum absolute atomic E-state index is 0.0656. The molecule has 0 spiro atoms. The first kappa shape index (κ1) is 12.0. The first-order valence-electron chi connectivity index (χ1n) is 5.36. The van der Waals surface area contributed by atoms with E-state index in [0.29, 0.717) is 23.0 Å². The second kappa shape index (κ2) is 5.25. The summed E-state index contributed by atoms with van der Waals surface area (Å²) in [7, 11) is 0. The first-order valence-corrected chi connectivity index (χ1v) is 5.74. The van der Waals surface area contributed by atoms with Gasteiger partial charge in [-0.1, -0.05) is 29.8 Å². The van der Waals surface area contributed by atoms with Gasteiger partial charge in [0.05, 0.1) is 12.3 Å². The minimum atomic E-state index is -0.0656. The zero-order chi connectivity index (χ0) is 12.3. The zero-order valence-electron chi connectivity index (χ0n) is 9.52. The van der Waals surface area contributed by atoms with Crippen LogP contribution in [0.4, 0.5) is 0 Å². The average Bonchev–Trinajstić information content (AvgIpc) is 2.34. The lowest BCUT2D eigenvalue weighted by Crippen LogP contribution is -2.03. The van der Waals surface area contributed by atoms with Crippen LogP contribution >= 0.6 is 11.6 Å². The summed E-state index contributed by atoms with van der Waals surface area (Å²) in [5.74, 6) is 0.674. The van der Waals surface area contributed by atoms with Crippen molar-refractivity contribution in [3.05, 3.63) is 58.1 Å². The van der Waals surface area contributed by atoms with E-state index in [2.05, 4.69) is 9.97 Å². The summed E-state index contributed by atoms with van der Waals surface area (Å²) in [4.78, 5) is 8.55. The molecule has 0 fully saturated rings. The van der Waals surface area contributed by atoms with Crippen molar-refractivity contribution >= 4 is 11.6 Å². The molecule has 1 aromatic carbocycles. The number of aliphatic hydroxyl groups excluding tert-OH is 1. The van der Waals surface area contributed by atoms with Gasteiger partial charge in [0, 0.05) is 17.6 Å². The van der Waals surface area contributed by atoms with Gasteiger partial charge in [0.2, 0.25) is 0 Å². The van der Waals surface area contributed by atoms with Gasteiger partial charge < -0.3 is 5.11 Å². The van der Waals surface area contributed by atoms with Gasteiger partial charge in [-0.3, -0.25) is 0 Å². The van der Waals surface area contributed by atoms with Crippen LogP contribution in [-0.4, -0.2) is 15.1 Å². The van der Waals surface area contributed by atoms with Crippen LogP contribution in [0, 0.1) is 6.92 Å². The fourth-order valence-electron chi connectivity index (χ4n) is 1.58. The summed E-state index contributed by atoms with van der Waals surface area (Å²) in [5, 5.41) is 9.86. The van der Waals surface area contributed by atoms with Crippen LogP contribution in [0.1, 0.15) is 22.6 Å². The lowest BCUT2D eigenvalue weighted by molar-refractivity contribution is 0.275. The fourth-order valence-corrected chi connectivity index (χ4v) is 1.78. The summed E-state index contributed by atoms with van der Waals surface area (Å²) < 4.78 is 0. The van der Waals surface area contributed by atoms with Gasteiger partial charge >= 0.3 is 0 Å². The van der Waals surface area contributed by atoms with Gasteiger partial charge in [0.25, 0.3) is 0 Å². The van der Waals surface area contributed by atoms with Crippen LogP contribution in [-0.2, 0) is 13.0 Å². The zero-order valence-corrected chi connectivity index (χ0v) is 10.3. The summed E-state index contributed by atoms with van der Waals surface area (Å²) >= 11 is 6.07. The van der Waals surface area contributed by atoms with Crippen molar-refractivity contribution in [3.8, 4) is 0 Å². The van der Waals surface area contributed by atoms with Gasteiger partial charge in [-0.25, -0.2) is 9.97 Å². The Morgan fingerprint density at radius 2 is 2.06 bits per heavy atom. The largest absolute Gasteiger partial charge is 0.390 e. The standard InChI is InChI=1S/C13H13ClN2O/c1-9-7-15-13(16-12(9)8-17)6-10-4-2-3-5-11(10)14/h2-5,7,17H,6,8H2,1H3. The van der Waals surface area contributed by atoms with Crippen molar-refractivity contribution in [2.45, 2.75) is 20.0 Å². The van der Waals surface area contributed by atoms with E-state index in [1.165, 1.54) is 0 Å². The predicted molar refractivity (Wildman–Crippen MR) is 66.9 cm³/mol. The van der Waals surface area contributed by atoms with Crippen molar-refractivity contribution in [1.82, 2.24) is 9.97 Å². The van der Waals surface area contributed by atoms with Crippen LogP contribution in [0.25, 0.3) is 0 Å². The number of aryl methyl sites for hydroxylation is 1. The number of hydrogen-bond donors (Lipinski definition) is 1. The van der Waals surface area contributed by atoms with Crippen LogP contribution in [0.3, 0.4) is 0 Å². The summed E-state index contributed by atoms with van der Waals surface area (Å²) in [5.41, 5.74) is 2.55. The molecule has 0 bridgehead atoms. The van der Waals surface area contributed by atoms with E-state index in [1.54, 1.807) is 6.20 Å². The maximum atomic E-state index is 9.15. The number of halogens is 1. The molecule has 1 N–H and O–H groups in total. The molecule has 3 nitrogen and oxygen atoms in total. The van der Waals surface area contributed by atoms with Crippen molar-refractivity contribution in [1.29, 1.82) is 0 Å². The molecule has 0 unspecified atom stereocenters. The average molecular weight is 249 g/mol. The van der Waals surface area contributed by atoms with E-state index >= 15 is 0 Å². The third kappa shape index (κ3) is 2.81. The molecule has 0 aliphatic carbocycles. The lowest BCUT2D eigenvalue weighted by atomic mass is 10.1. The SMILES string of the molecule is Cc1cnc(Cc2ccccc2Cl)nc1CO. The van der Waals surface area contributed by atoms with Gasteiger partial charge in [0.1, 0.15) is 5.82 Å². The minimum Gasteiger partial charge on any atom is -0.390 e. The van der Waals surface area contributed by atoms with Crippen molar-refractivity contribution < 1.29 is 5.11 Å². The number of nitrogens with zero attached hydrogens (tertiary/aromatic N) is 2. The molecule has 1 aromatic heterocycles. The van der Waals surface area contributed by atoms with Crippen LogP contribution < -0.4 is 0 Å². The molecule has 0 radical (unpaired) electrons. The van der Waals surface area contributed by atoms with E-state index in [1.807, 2.05) is 31.2 Å². The van der Waals surface area contributed by atoms with Crippen molar-refractivity contribution in [2.24, 2.45) is 0 Å². The van der Waals surface area contributed by atoms with Gasteiger partial charge in [-0.15, -0.1) is 0 Å². The van der Waals surface area contributed by atoms with E-state index in [9.17, 15) is 0 Å². The highest BCUT2D eigenvalue weighted by Crippen LogP contribution is 2.17. The Kier molecular flexibility index (Phi) is 3.71. The van der Waals surface area contributed by atoms with E-state index in [4.69, 9.17) is 16.7 Å². The van der Waals surface area contributed by atoms with E-state index < -0.39 is 0 Å². The fraction of sp³-hybridized carbons (Fsp3) is 0.231. The maximum absolute atomic E-state index is 9.15. The van der Waals surface area contributed by atoms with E-state index in [0.717, 1.165) is 11.1 Å². The predicted octanol–water partition coefficient (Wildman–Crippen LogP) is 2.52. The molecule has 4 heteroatoms. The summed E-state index contributed by atoms with van der Waals surface area (Å²) in [6.07, 6.45) is 2.30. The van der Waals surface area contributed by atoms with Crippen molar-refractivity contribution in [2.75, 3.05) is 0 Å². The van der Waals surface area contributed by atoms with Gasteiger partial charge in [-0.05, 0) is 24.1 Å². The molecule has 2 aromatic rings. The number of aliphatic hydroxyl groups is 1. The molecular weight excluding hydrogens is 236 g/mol. The highest BCUT2D eigenvalue weighted by atomic mass is 35.5. The molecule has 0 saturated carbocycles. The second-order valence-electron chi connectivity index (χ2n) is 3.84. The summed E-state index contributed by atoms with van der Waals surface area (Å²) in [6, 6.07) is 7.62. The van der Waals surface area contributed by atoms with Crippen LogP contribution in [0.15, 0.2) is 30.5 Å². The quantitative estimate of drug-likeness (QED) is 0.908. The van der Waals surface area contributed by atoms with E-state index in [-0.39, 0.29) is 6.61 Å². The molecule has 0 aliphatic rings. The summed E-state index contributed by atoms with van der Waals surface area (Å²) in [6.45, 7) is 1.81. The number of benzene rings is 1. The Hall–Kier alpha value is -1.45. The molecule has 0 saturated heterocycles. The topological polar surface area (TPSA) is 46.0 Å². The number of hydrogen-bond acceptors (Lipinski definition) is 3. The Bertz CT molecular complexity index is 529. The highest BCUT2D eigenvalue weighted by molar-refractivity contribution is 6.31. The molecule has 0 amide bonds. The Labute approximate surface area is 105 Å². The molecule has 2 rings (SSSR count). The lowest BCUT2D eigenvalue weighted by Gasteiger charge is -2.06. The Morgan fingerprint density at radius 1 is 1.29 bits per heavy atom. The Balaban J connectivity index is 2.28. The van der Waals surface area contributed by atoms with Crippen LogP contribution in [0.2, 0.25) is 5.02 Å². The number of rotatable bonds is 3. The second-order valence-corrected chi connectivity index (χ2v) is 4.25. The van der Waals surface area contributed by atoms with Gasteiger partial charge in [0.15, 0.2) is 0 Å². The Morgan fingerprint density at radius 3 is 2.76 bits per heavy atom. The molecular formula is C13H13ClN2O. The van der Waals surface area contributed by atoms with Gasteiger partial charge in [-0.2, -0.15) is 0 Å². The normalized spacial score (nSPS) is 10.5. The molecule has 1 heterocycles. The molecule has 88 valence electrons. The third-order valence-corrected chi connectivity index (χ3v) is 2.95. The first-order chi connectivity index (χ1) is 8.20.